The van der Waals surface area contributed by atoms with Crippen molar-refractivity contribution in [3.63, 3.8) is 0 Å². The average Bonchev–Trinajstić information content (AvgIpc) is 2.57. The molecule has 2 aromatic rings. The Balaban J connectivity index is 1.33. The first-order valence-corrected chi connectivity index (χ1v) is 8.64. The van der Waals surface area contributed by atoms with Gasteiger partial charge >= 0.3 is 6.01 Å². The van der Waals surface area contributed by atoms with Gasteiger partial charge in [0, 0.05) is 49.9 Å². The second kappa shape index (κ2) is 6.67. The third-order valence-electron chi connectivity index (χ3n) is 4.64. The zero-order valence-electron chi connectivity index (χ0n) is 13.4. The molecule has 2 aliphatic rings. The molecule has 0 radical (unpaired) electrons. The number of likely N-dealkylation sites (tertiary alicyclic amines) is 1. The maximum Gasteiger partial charge on any atom is 0.316 e. The molecule has 4 rings (SSSR count). The molecule has 0 bridgehead atoms. The van der Waals surface area contributed by atoms with Gasteiger partial charge in [0.15, 0.2) is 0 Å². The van der Waals surface area contributed by atoms with Gasteiger partial charge in [-0.1, -0.05) is 29.8 Å². The van der Waals surface area contributed by atoms with Gasteiger partial charge in [0.05, 0.1) is 12.2 Å². The summed E-state index contributed by atoms with van der Waals surface area (Å²) < 4.78 is 12.0. The number of ether oxygens (including phenoxy) is 2. The van der Waals surface area contributed by atoms with Gasteiger partial charge in [-0.3, -0.25) is 4.90 Å². The topological polar surface area (TPSA) is 47.5 Å². The summed E-state index contributed by atoms with van der Waals surface area (Å²) >= 11 is 6.25. The lowest BCUT2D eigenvalue weighted by atomic mass is 9.84. The van der Waals surface area contributed by atoms with E-state index in [0.29, 0.717) is 6.01 Å². The molecule has 0 N–H and O–H groups in total. The zero-order chi connectivity index (χ0) is 16.4. The van der Waals surface area contributed by atoms with Gasteiger partial charge in [-0.25, -0.2) is 9.97 Å². The fourth-order valence-electron chi connectivity index (χ4n) is 3.55. The Morgan fingerprint density at radius 2 is 2.00 bits per heavy atom. The standard InChI is InChI=1S/C18H20ClN3O2/c19-16-5-2-1-4-14(16)11-22-12-18(13-22)10-15(6-9-23-18)24-17-20-7-3-8-21-17/h1-5,7-8,15H,6,9-13H2. The molecule has 0 aliphatic carbocycles. The molecule has 126 valence electrons. The minimum atomic E-state index is -0.0983. The third-order valence-corrected chi connectivity index (χ3v) is 5.01. The molecule has 6 heteroatoms. The first-order valence-electron chi connectivity index (χ1n) is 8.26. The van der Waals surface area contributed by atoms with Crippen molar-refractivity contribution in [3.8, 4) is 6.01 Å². The highest BCUT2D eigenvalue weighted by molar-refractivity contribution is 6.31. The number of rotatable bonds is 4. The highest BCUT2D eigenvalue weighted by Crippen LogP contribution is 2.36. The largest absolute Gasteiger partial charge is 0.460 e. The van der Waals surface area contributed by atoms with E-state index in [1.807, 2.05) is 18.2 Å². The van der Waals surface area contributed by atoms with Gasteiger partial charge in [0.25, 0.3) is 0 Å². The van der Waals surface area contributed by atoms with Crippen LogP contribution in [0.15, 0.2) is 42.7 Å². The van der Waals surface area contributed by atoms with Crippen LogP contribution >= 0.6 is 11.6 Å². The third kappa shape index (κ3) is 3.38. The molecule has 2 aliphatic heterocycles. The summed E-state index contributed by atoms with van der Waals surface area (Å²) in [5.41, 5.74) is 1.06. The van der Waals surface area contributed by atoms with E-state index in [1.54, 1.807) is 18.5 Å². The van der Waals surface area contributed by atoms with Crippen molar-refractivity contribution in [3.05, 3.63) is 53.3 Å². The van der Waals surface area contributed by atoms with E-state index in [-0.39, 0.29) is 11.7 Å². The van der Waals surface area contributed by atoms with Crippen LogP contribution in [0.25, 0.3) is 0 Å². The van der Waals surface area contributed by atoms with Gasteiger partial charge in [-0.2, -0.15) is 0 Å². The van der Waals surface area contributed by atoms with Crippen molar-refractivity contribution in [2.45, 2.75) is 31.1 Å². The van der Waals surface area contributed by atoms with Gasteiger partial charge < -0.3 is 9.47 Å². The van der Waals surface area contributed by atoms with E-state index < -0.39 is 0 Å². The molecule has 5 nitrogen and oxygen atoms in total. The number of aromatic nitrogens is 2. The summed E-state index contributed by atoms with van der Waals surface area (Å²) in [6.07, 6.45) is 5.27. The second-order valence-corrected chi connectivity index (χ2v) is 6.94. The lowest BCUT2D eigenvalue weighted by Gasteiger charge is -2.53. The van der Waals surface area contributed by atoms with E-state index in [2.05, 4.69) is 20.9 Å². The Bertz CT molecular complexity index is 692. The minimum Gasteiger partial charge on any atom is -0.460 e. The number of hydrogen-bond acceptors (Lipinski definition) is 5. The highest BCUT2D eigenvalue weighted by Gasteiger charge is 2.48. The SMILES string of the molecule is Clc1ccccc1CN1CC2(CC(Oc3ncccn3)CCO2)C1. The van der Waals surface area contributed by atoms with E-state index in [4.69, 9.17) is 21.1 Å². The summed E-state index contributed by atoms with van der Waals surface area (Å²) in [6.45, 7) is 3.40. The Labute approximate surface area is 146 Å². The van der Waals surface area contributed by atoms with Crippen molar-refractivity contribution in [1.82, 2.24) is 14.9 Å². The maximum absolute atomic E-state index is 6.25. The molecule has 3 heterocycles. The second-order valence-electron chi connectivity index (χ2n) is 6.53. The molecule has 1 atom stereocenters. The Morgan fingerprint density at radius 3 is 2.79 bits per heavy atom. The van der Waals surface area contributed by atoms with E-state index in [9.17, 15) is 0 Å². The average molecular weight is 346 g/mol. The number of benzene rings is 1. The number of nitrogens with zero attached hydrogens (tertiary/aromatic N) is 3. The molecular weight excluding hydrogens is 326 g/mol. The van der Waals surface area contributed by atoms with E-state index >= 15 is 0 Å². The summed E-state index contributed by atoms with van der Waals surface area (Å²) in [4.78, 5) is 10.7. The lowest BCUT2D eigenvalue weighted by Crippen LogP contribution is -2.65. The van der Waals surface area contributed by atoms with E-state index in [1.165, 1.54) is 0 Å². The van der Waals surface area contributed by atoms with Gasteiger partial charge in [-0.05, 0) is 17.7 Å². The fraction of sp³-hybridized carbons (Fsp3) is 0.444. The van der Waals surface area contributed by atoms with Crippen LogP contribution in [0.3, 0.4) is 0 Å². The first kappa shape index (κ1) is 15.8. The molecule has 1 aromatic carbocycles. The highest BCUT2D eigenvalue weighted by atomic mass is 35.5. The summed E-state index contributed by atoms with van der Waals surface area (Å²) in [6, 6.07) is 10.2. The smallest absolute Gasteiger partial charge is 0.316 e. The quantitative estimate of drug-likeness (QED) is 0.852. The van der Waals surface area contributed by atoms with E-state index in [0.717, 1.165) is 49.7 Å². The molecule has 2 saturated heterocycles. The minimum absolute atomic E-state index is 0.0983. The predicted octanol–water partition coefficient (Wildman–Crippen LogP) is 2.94. The molecule has 1 spiro atoms. The molecule has 0 saturated carbocycles. The molecule has 24 heavy (non-hydrogen) atoms. The molecule has 1 aromatic heterocycles. The van der Waals surface area contributed by atoms with Crippen LogP contribution in [0.1, 0.15) is 18.4 Å². The first-order chi connectivity index (χ1) is 11.7. The van der Waals surface area contributed by atoms with Crippen LogP contribution < -0.4 is 4.74 Å². The van der Waals surface area contributed by atoms with Gasteiger partial charge in [-0.15, -0.1) is 0 Å². The molecule has 2 fully saturated rings. The van der Waals surface area contributed by atoms with Crippen molar-refractivity contribution < 1.29 is 9.47 Å². The van der Waals surface area contributed by atoms with Gasteiger partial charge in [0.1, 0.15) is 6.10 Å². The summed E-state index contributed by atoms with van der Waals surface area (Å²) in [5.74, 6) is 0. The maximum atomic E-state index is 6.25. The Hall–Kier alpha value is -1.69. The van der Waals surface area contributed by atoms with Crippen LogP contribution in [0.2, 0.25) is 5.02 Å². The van der Waals surface area contributed by atoms with Crippen LogP contribution in [0.4, 0.5) is 0 Å². The summed E-state index contributed by atoms with van der Waals surface area (Å²) in [7, 11) is 0. The monoisotopic (exact) mass is 345 g/mol. The lowest BCUT2D eigenvalue weighted by molar-refractivity contribution is -0.188. The van der Waals surface area contributed by atoms with Crippen LogP contribution in [-0.4, -0.2) is 46.3 Å². The molecular formula is C18H20ClN3O2. The van der Waals surface area contributed by atoms with Crippen LogP contribution in [0, 0.1) is 0 Å². The normalized spacial score (nSPS) is 23.0. The fourth-order valence-corrected chi connectivity index (χ4v) is 3.74. The van der Waals surface area contributed by atoms with Crippen molar-refractivity contribution in [2.75, 3.05) is 19.7 Å². The predicted molar refractivity (Wildman–Crippen MR) is 91.1 cm³/mol. The molecule has 1 unspecified atom stereocenters. The number of hydrogen-bond donors (Lipinski definition) is 0. The van der Waals surface area contributed by atoms with Crippen LogP contribution in [-0.2, 0) is 11.3 Å². The Morgan fingerprint density at radius 1 is 1.21 bits per heavy atom. The van der Waals surface area contributed by atoms with Gasteiger partial charge in [0.2, 0.25) is 0 Å². The zero-order valence-corrected chi connectivity index (χ0v) is 14.2. The number of halogens is 1. The van der Waals surface area contributed by atoms with Crippen LogP contribution in [0.5, 0.6) is 6.01 Å². The van der Waals surface area contributed by atoms with Crippen molar-refractivity contribution in [2.24, 2.45) is 0 Å². The Kier molecular flexibility index (Phi) is 4.39. The summed E-state index contributed by atoms with van der Waals surface area (Å²) in [5, 5.41) is 0.824. The van der Waals surface area contributed by atoms with Crippen molar-refractivity contribution in [1.29, 1.82) is 0 Å². The van der Waals surface area contributed by atoms with Crippen molar-refractivity contribution >= 4 is 11.6 Å². The molecule has 0 amide bonds.